The molecule has 1 nitrogen and oxygen atoms in total. The third-order valence-electron chi connectivity index (χ3n) is 7.64. The fraction of sp³-hybridized carbons (Fsp3) is 0.760. The second kappa shape index (κ2) is 10.1. The summed E-state index contributed by atoms with van der Waals surface area (Å²) in [6.07, 6.45) is 12.6. The molecule has 0 saturated heterocycles. The van der Waals surface area contributed by atoms with Crippen LogP contribution in [-0.2, 0) is 0 Å². The first-order valence-corrected chi connectivity index (χ1v) is 11.6. The molecule has 3 rings (SSSR count). The summed E-state index contributed by atoms with van der Waals surface area (Å²) in [7, 11) is 0. The number of hydrogen-bond acceptors (Lipinski definition) is 1. The summed E-state index contributed by atoms with van der Waals surface area (Å²) in [4.78, 5) is 0. The first-order chi connectivity index (χ1) is 13.5. The second-order valence-corrected chi connectivity index (χ2v) is 9.33. The van der Waals surface area contributed by atoms with Gasteiger partial charge in [-0.3, -0.25) is 0 Å². The van der Waals surface area contributed by atoms with E-state index in [1.54, 1.807) is 19.1 Å². The van der Waals surface area contributed by atoms with Crippen molar-refractivity contribution in [2.45, 2.75) is 90.9 Å². The lowest BCUT2D eigenvalue weighted by molar-refractivity contribution is 0.171. The van der Waals surface area contributed by atoms with E-state index in [1.807, 2.05) is 0 Å². The predicted octanol–water partition coefficient (Wildman–Crippen LogP) is 7.88. The van der Waals surface area contributed by atoms with Gasteiger partial charge in [0.2, 0.25) is 5.82 Å². The van der Waals surface area contributed by atoms with Crippen molar-refractivity contribution in [1.29, 1.82) is 0 Å². The van der Waals surface area contributed by atoms with Crippen LogP contribution in [0.15, 0.2) is 12.1 Å². The van der Waals surface area contributed by atoms with Gasteiger partial charge in [-0.05, 0) is 93.1 Å². The molecular formula is C25H38F2O. The van der Waals surface area contributed by atoms with Crippen molar-refractivity contribution in [3.63, 3.8) is 0 Å². The zero-order valence-corrected chi connectivity index (χ0v) is 18.0. The molecule has 0 aliphatic heterocycles. The van der Waals surface area contributed by atoms with Crippen LogP contribution in [-0.4, -0.2) is 6.61 Å². The summed E-state index contributed by atoms with van der Waals surface area (Å²) in [5, 5.41) is 0. The highest BCUT2D eigenvalue weighted by Gasteiger charge is 2.30. The van der Waals surface area contributed by atoms with Crippen molar-refractivity contribution < 1.29 is 13.5 Å². The number of rotatable bonds is 7. The van der Waals surface area contributed by atoms with E-state index in [0.29, 0.717) is 12.2 Å². The molecule has 2 aliphatic rings. The van der Waals surface area contributed by atoms with E-state index in [9.17, 15) is 8.78 Å². The fourth-order valence-corrected chi connectivity index (χ4v) is 5.72. The highest BCUT2D eigenvalue weighted by Crippen LogP contribution is 2.43. The normalized spacial score (nSPS) is 29.5. The van der Waals surface area contributed by atoms with Gasteiger partial charge in [-0.2, -0.15) is 4.39 Å². The molecule has 158 valence electrons. The minimum Gasteiger partial charge on any atom is -0.491 e. The molecule has 0 radical (unpaired) electrons. The Morgan fingerprint density at radius 2 is 1.54 bits per heavy atom. The zero-order chi connectivity index (χ0) is 20.1. The van der Waals surface area contributed by atoms with Crippen LogP contribution in [0.1, 0.15) is 96.5 Å². The number of benzene rings is 1. The molecule has 1 unspecified atom stereocenters. The lowest BCUT2D eigenvalue weighted by atomic mass is 9.70. The summed E-state index contributed by atoms with van der Waals surface area (Å²) in [5.74, 6) is 2.08. The van der Waals surface area contributed by atoms with Crippen LogP contribution in [0, 0.1) is 35.3 Å². The SMILES string of the molecule is CCOc1ccc(C2CCC(CC(C)C3CCC(CC)CC3)CC2)c(F)c1F. The van der Waals surface area contributed by atoms with E-state index in [4.69, 9.17) is 4.74 Å². The first kappa shape index (κ1) is 21.6. The molecule has 3 heteroatoms. The van der Waals surface area contributed by atoms with Crippen molar-refractivity contribution >= 4 is 0 Å². The third kappa shape index (κ3) is 5.07. The number of hydrogen-bond donors (Lipinski definition) is 0. The highest BCUT2D eigenvalue weighted by atomic mass is 19.2. The molecule has 1 atom stereocenters. The van der Waals surface area contributed by atoms with Crippen LogP contribution >= 0.6 is 0 Å². The van der Waals surface area contributed by atoms with Crippen LogP contribution < -0.4 is 4.74 Å². The monoisotopic (exact) mass is 392 g/mol. The molecular weight excluding hydrogens is 354 g/mol. The van der Waals surface area contributed by atoms with Crippen LogP contribution in [0.5, 0.6) is 5.75 Å². The third-order valence-corrected chi connectivity index (χ3v) is 7.64. The molecule has 0 bridgehead atoms. The first-order valence-electron chi connectivity index (χ1n) is 11.6. The molecule has 0 spiro atoms. The van der Waals surface area contributed by atoms with Crippen LogP contribution in [0.2, 0.25) is 0 Å². The summed E-state index contributed by atoms with van der Waals surface area (Å²) < 4.78 is 33.9. The van der Waals surface area contributed by atoms with Crippen molar-refractivity contribution in [2.75, 3.05) is 6.61 Å². The Kier molecular flexibility index (Phi) is 7.77. The maximum atomic E-state index is 14.5. The van der Waals surface area contributed by atoms with Crippen molar-refractivity contribution in [2.24, 2.45) is 23.7 Å². The molecule has 2 aliphatic carbocycles. The Morgan fingerprint density at radius 1 is 0.893 bits per heavy atom. The smallest absolute Gasteiger partial charge is 0.200 e. The highest BCUT2D eigenvalue weighted by molar-refractivity contribution is 5.33. The summed E-state index contributed by atoms with van der Waals surface area (Å²) in [5.41, 5.74) is 0.547. The van der Waals surface area contributed by atoms with E-state index in [1.165, 1.54) is 38.5 Å². The minimum atomic E-state index is -0.822. The topological polar surface area (TPSA) is 9.23 Å². The van der Waals surface area contributed by atoms with E-state index in [-0.39, 0.29) is 11.7 Å². The largest absolute Gasteiger partial charge is 0.491 e. The molecule has 1 aromatic rings. The van der Waals surface area contributed by atoms with Crippen molar-refractivity contribution in [3.8, 4) is 5.75 Å². The molecule has 2 saturated carbocycles. The van der Waals surface area contributed by atoms with Crippen LogP contribution in [0.25, 0.3) is 0 Å². The van der Waals surface area contributed by atoms with Gasteiger partial charge in [0.15, 0.2) is 11.6 Å². The Morgan fingerprint density at radius 3 is 2.14 bits per heavy atom. The molecule has 28 heavy (non-hydrogen) atoms. The average Bonchev–Trinajstić information content (AvgIpc) is 2.72. The maximum Gasteiger partial charge on any atom is 0.200 e. The molecule has 0 aromatic heterocycles. The Bertz CT molecular complexity index is 613. The van der Waals surface area contributed by atoms with E-state index in [0.717, 1.165) is 49.4 Å². The lowest BCUT2D eigenvalue weighted by Gasteiger charge is -2.35. The zero-order valence-electron chi connectivity index (χ0n) is 18.0. The number of halogens is 2. The Hall–Kier alpha value is -1.12. The van der Waals surface area contributed by atoms with Gasteiger partial charge >= 0.3 is 0 Å². The number of ether oxygens (including phenoxy) is 1. The molecule has 0 N–H and O–H groups in total. The molecule has 0 heterocycles. The Labute approximate surface area is 170 Å². The predicted molar refractivity (Wildman–Crippen MR) is 112 cm³/mol. The maximum absolute atomic E-state index is 14.5. The van der Waals surface area contributed by atoms with Crippen molar-refractivity contribution in [1.82, 2.24) is 0 Å². The fourth-order valence-electron chi connectivity index (χ4n) is 5.72. The van der Waals surface area contributed by atoms with Gasteiger partial charge in [0.05, 0.1) is 6.61 Å². The van der Waals surface area contributed by atoms with Crippen molar-refractivity contribution in [3.05, 3.63) is 29.3 Å². The van der Waals surface area contributed by atoms with Gasteiger partial charge in [-0.25, -0.2) is 4.39 Å². The van der Waals surface area contributed by atoms with E-state index < -0.39 is 11.6 Å². The lowest BCUT2D eigenvalue weighted by Crippen LogP contribution is -2.23. The summed E-state index contributed by atoms with van der Waals surface area (Å²) >= 11 is 0. The van der Waals surface area contributed by atoms with E-state index in [2.05, 4.69) is 13.8 Å². The molecule has 2 fully saturated rings. The van der Waals surface area contributed by atoms with Gasteiger partial charge in [-0.15, -0.1) is 0 Å². The molecule has 0 amide bonds. The van der Waals surface area contributed by atoms with Gasteiger partial charge < -0.3 is 4.74 Å². The Balaban J connectivity index is 1.50. The van der Waals surface area contributed by atoms with E-state index >= 15 is 0 Å². The molecule has 1 aromatic carbocycles. The van der Waals surface area contributed by atoms with Gasteiger partial charge in [0.25, 0.3) is 0 Å². The van der Waals surface area contributed by atoms with Crippen LogP contribution in [0.3, 0.4) is 0 Å². The van der Waals surface area contributed by atoms with Gasteiger partial charge in [-0.1, -0.05) is 39.2 Å². The minimum absolute atomic E-state index is 0.0315. The van der Waals surface area contributed by atoms with Gasteiger partial charge in [0, 0.05) is 0 Å². The van der Waals surface area contributed by atoms with Crippen LogP contribution in [0.4, 0.5) is 8.78 Å². The second-order valence-electron chi connectivity index (χ2n) is 9.33. The standard InChI is InChI=1S/C25H38F2O/c1-4-18-6-10-20(11-7-18)17(3)16-19-8-12-21(13-9-19)22-14-15-23(28-5-2)25(27)24(22)26/h14-15,17-21H,4-13,16H2,1-3H3. The summed E-state index contributed by atoms with van der Waals surface area (Å²) in [6, 6.07) is 3.33. The quantitative estimate of drug-likeness (QED) is 0.458. The summed E-state index contributed by atoms with van der Waals surface area (Å²) in [6.45, 7) is 6.90. The average molecular weight is 393 g/mol. The van der Waals surface area contributed by atoms with Gasteiger partial charge in [0.1, 0.15) is 0 Å².